The lowest BCUT2D eigenvalue weighted by atomic mass is 9.99. The Balaban J connectivity index is 2.22. The van der Waals surface area contributed by atoms with E-state index in [1.165, 1.54) is 12.3 Å². The molecule has 154 valence electrons. The first-order chi connectivity index (χ1) is 13.3. The first-order valence-electron chi connectivity index (χ1n) is 9.78. The van der Waals surface area contributed by atoms with Crippen LogP contribution in [-0.4, -0.2) is 43.5 Å². The molecular formula is C21H33FN6. The molecule has 0 atom stereocenters. The van der Waals surface area contributed by atoms with Gasteiger partial charge in [-0.05, 0) is 54.8 Å². The van der Waals surface area contributed by atoms with Crippen LogP contribution in [0.5, 0.6) is 0 Å². The fourth-order valence-corrected chi connectivity index (χ4v) is 3.61. The summed E-state index contributed by atoms with van der Waals surface area (Å²) in [5, 5.41) is 7.86. The van der Waals surface area contributed by atoms with E-state index in [2.05, 4.69) is 23.6 Å². The van der Waals surface area contributed by atoms with Gasteiger partial charge in [0.15, 0.2) is 0 Å². The van der Waals surface area contributed by atoms with E-state index in [9.17, 15) is 4.39 Å². The van der Waals surface area contributed by atoms with Crippen LogP contribution in [0.4, 0.5) is 10.1 Å². The third-order valence-corrected chi connectivity index (χ3v) is 4.80. The third-order valence-electron chi connectivity index (χ3n) is 4.80. The molecule has 28 heavy (non-hydrogen) atoms. The molecule has 0 bridgehead atoms. The molecule has 0 amide bonds. The van der Waals surface area contributed by atoms with Crippen LogP contribution in [0.2, 0.25) is 0 Å². The van der Waals surface area contributed by atoms with Gasteiger partial charge >= 0.3 is 0 Å². The maximum atomic E-state index is 14.7. The van der Waals surface area contributed by atoms with Crippen molar-refractivity contribution < 1.29 is 4.39 Å². The van der Waals surface area contributed by atoms with E-state index in [1.54, 1.807) is 12.2 Å². The van der Waals surface area contributed by atoms with Gasteiger partial charge in [0.2, 0.25) is 0 Å². The Kier molecular flexibility index (Phi) is 7.87. The smallest absolute Gasteiger partial charge is 0.136 e. The number of halogens is 1. The molecule has 1 saturated heterocycles. The maximum absolute atomic E-state index is 14.7. The number of anilines is 1. The maximum Gasteiger partial charge on any atom is 0.136 e. The summed E-state index contributed by atoms with van der Waals surface area (Å²) < 4.78 is 14.7. The van der Waals surface area contributed by atoms with Crippen molar-refractivity contribution in [3.63, 3.8) is 0 Å². The average molecular weight is 389 g/mol. The number of allylic oxidation sites excluding steroid dienone is 2. The quantitative estimate of drug-likeness (QED) is 0.325. The van der Waals surface area contributed by atoms with Crippen molar-refractivity contribution in [3.8, 4) is 0 Å². The fraction of sp³-hybridized carbons (Fsp3) is 0.476. The molecule has 0 aliphatic carbocycles. The highest BCUT2D eigenvalue weighted by Gasteiger charge is 2.22. The van der Waals surface area contributed by atoms with Gasteiger partial charge in [-0.25, -0.2) is 4.39 Å². The predicted octanol–water partition coefficient (Wildman–Crippen LogP) is 2.14. The molecule has 0 radical (unpaired) electrons. The normalized spacial score (nSPS) is 16.7. The molecular weight excluding hydrogens is 355 g/mol. The average Bonchev–Trinajstić information content (AvgIpc) is 2.84. The molecule has 7 heteroatoms. The number of rotatable bonds is 7. The lowest BCUT2D eigenvalue weighted by molar-refractivity contribution is 0.317. The highest BCUT2D eigenvalue weighted by atomic mass is 19.1. The molecule has 1 aromatic rings. The monoisotopic (exact) mass is 388 g/mol. The molecule has 0 unspecified atom stereocenters. The number of amidine groups is 1. The number of benzene rings is 1. The first kappa shape index (κ1) is 21.8. The molecule has 1 aromatic carbocycles. The van der Waals surface area contributed by atoms with Crippen molar-refractivity contribution in [1.29, 1.82) is 5.41 Å². The van der Waals surface area contributed by atoms with E-state index in [0.29, 0.717) is 12.5 Å². The van der Waals surface area contributed by atoms with Crippen molar-refractivity contribution in [2.45, 2.75) is 26.7 Å². The second-order valence-corrected chi connectivity index (χ2v) is 7.73. The number of nitrogens with one attached hydrogen (secondary N) is 1. The van der Waals surface area contributed by atoms with Gasteiger partial charge in [0.05, 0.1) is 11.3 Å². The topological polar surface area (TPSA) is 108 Å². The highest BCUT2D eigenvalue weighted by molar-refractivity contribution is 6.01. The molecule has 6 nitrogen and oxygen atoms in total. The molecule has 0 aromatic heterocycles. The van der Waals surface area contributed by atoms with Gasteiger partial charge in [-0.15, -0.1) is 0 Å². The Morgan fingerprint density at radius 1 is 1.21 bits per heavy atom. The van der Waals surface area contributed by atoms with Gasteiger partial charge in [-0.3, -0.25) is 10.3 Å². The van der Waals surface area contributed by atoms with Gasteiger partial charge in [0, 0.05) is 38.4 Å². The van der Waals surface area contributed by atoms with Crippen LogP contribution in [0, 0.1) is 17.1 Å². The van der Waals surface area contributed by atoms with Gasteiger partial charge in [-0.2, -0.15) is 0 Å². The zero-order valence-electron chi connectivity index (χ0n) is 16.9. The second kappa shape index (κ2) is 10.1. The van der Waals surface area contributed by atoms with Crippen molar-refractivity contribution >= 4 is 11.5 Å². The van der Waals surface area contributed by atoms with E-state index in [-0.39, 0.29) is 11.4 Å². The largest absolute Gasteiger partial charge is 0.405 e. The second-order valence-electron chi connectivity index (χ2n) is 7.73. The summed E-state index contributed by atoms with van der Waals surface area (Å²) in [6.45, 7) is 8.10. The van der Waals surface area contributed by atoms with Crippen LogP contribution >= 0.6 is 0 Å². The third kappa shape index (κ3) is 5.99. The summed E-state index contributed by atoms with van der Waals surface area (Å²) in [5.41, 5.74) is 19.7. The summed E-state index contributed by atoms with van der Waals surface area (Å²) in [5.74, 6) is -0.222. The molecule has 0 spiro atoms. The van der Waals surface area contributed by atoms with Gasteiger partial charge in [0.25, 0.3) is 0 Å². The van der Waals surface area contributed by atoms with E-state index >= 15 is 0 Å². The van der Waals surface area contributed by atoms with Crippen LogP contribution in [0.25, 0.3) is 0 Å². The van der Waals surface area contributed by atoms with Crippen LogP contribution < -0.4 is 22.1 Å². The Hall–Kier alpha value is -2.54. The van der Waals surface area contributed by atoms with E-state index in [4.69, 9.17) is 22.6 Å². The summed E-state index contributed by atoms with van der Waals surface area (Å²) >= 11 is 0. The number of hydrogen-bond donors (Lipinski definition) is 4. The molecule has 7 N–H and O–H groups in total. The van der Waals surface area contributed by atoms with E-state index < -0.39 is 5.82 Å². The summed E-state index contributed by atoms with van der Waals surface area (Å²) in [7, 11) is 0. The standard InChI is InChI=1S/C21H33FN6/c1-15(2)11-16-12-18(22)20(21(25)26)19(13-16)28-8-4-7-27(9-10-28)14-17(24)5-3-6-23/h3,5-6,12-13,15H,4,7-11,14,23-24H2,1-2H3,(H3,25,26)/b6-3-,17-5-. The first-order valence-corrected chi connectivity index (χ1v) is 9.78. The van der Waals surface area contributed by atoms with Gasteiger partial charge in [0.1, 0.15) is 11.7 Å². The lowest BCUT2D eigenvalue weighted by Gasteiger charge is -2.27. The molecule has 2 rings (SSSR count). The highest BCUT2D eigenvalue weighted by Crippen LogP contribution is 2.27. The van der Waals surface area contributed by atoms with Crippen molar-refractivity contribution in [1.82, 2.24) is 4.90 Å². The van der Waals surface area contributed by atoms with Crippen molar-refractivity contribution in [2.75, 3.05) is 37.6 Å². The zero-order valence-corrected chi connectivity index (χ0v) is 16.9. The Labute approximate surface area is 167 Å². The lowest BCUT2D eigenvalue weighted by Crippen LogP contribution is -2.34. The van der Waals surface area contributed by atoms with E-state index in [0.717, 1.165) is 56.0 Å². The molecule has 1 fully saturated rings. The Bertz CT molecular complexity index is 741. The Morgan fingerprint density at radius 2 is 1.96 bits per heavy atom. The number of hydrogen-bond acceptors (Lipinski definition) is 5. The molecule has 1 aliphatic heterocycles. The minimum Gasteiger partial charge on any atom is -0.405 e. The summed E-state index contributed by atoms with van der Waals surface area (Å²) in [6.07, 6.45) is 6.70. The van der Waals surface area contributed by atoms with Crippen LogP contribution in [0.1, 0.15) is 31.4 Å². The van der Waals surface area contributed by atoms with Crippen molar-refractivity contribution in [2.24, 2.45) is 23.1 Å². The van der Waals surface area contributed by atoms with Gasteiger partial charge < -0.3 is 22.1 Å². The van der Waals surface area contributed by atoms with Crippen LogP contribution in [0.15, 0.2) is 36.2 Å². The number of nitrogen functional groups attached to an aromatic ring is 1. The Morgan fingerprint density at radius 3 is 2.61 bits per heavy atom. The molecule has 1 aliphatic rings. The summed E-state index contributed by atoms with van der Waals surface area (Å²) in [4.78, 5) is 4.42. The SMILES string of the molecule is CC(C)Cc1cc(F)c(C(=N)N)c(N2CCCN(C/C(N)=C/C=C\N)CC2)c1. The van der Waals surface area contributed by atoms with Crippen LogP contribution in [-0.2, 0) is 6.42 Å². The summed E-state index contributed by atoms with van der Waals surface area (Å²) in [6, 6.07) is 3.51. The van der Waals surface area contributed by atoms with E-state index in [1.807, 2.05) is 6.07 Å². The van der Waals surface area contributed by atoms with Gasteiger partial charge in [-0.1, -0.05) is 13.8 Å². The zero-order chi connectivity index (χ0) is 20.7. The number of nitrogens with two attached hydrogens (primary N) is 3. The van der Waals surface area contributed by atoms with Crippen molar-refractivity contribution in [3.05, 3.63) is 53.1 Å². The minimum absolute atomic E-state index is 0.202. The minimum atomic E-state index is -0.414. The molecule has 1 heterocycles. The van der Waals surface area contributed by atoms with Crippen LogP contribution in [0.3, 0.4) is 0 Å². The predicted molar refractivity (Wildman–Crippen MR) is 115 cm³/mol. The number of nitrogens with zero attached hydrogens (tertiary/aromatic N) is 2. The fourth-order valence-electron chi connectivity index (χ4n) is 3.61. The molecule has 0 saturated carbocycles.